The van der Waals surface area contributed by atoms with Gasteiger partial charge in [-0.1, -0.05) is 0 Å². The number of fused-ring (bicyclic) bond motifs is 1. The molecule has 1 aliphatic rings. The van der Waals surface area contributed by atoms with Gasteiger partial charge in [0.05, 0.1) is 35.4 Å². The Kier molecular flexibility index (Phi) is 4.08. The van der Waals surface area contributed by atoms with Crippen molar-refractivity contribution in [2.45, 2.75) is 11.3 Å². The number of nitrogens with one attached hydrogen (secondary N) is 1. The van der Waals surface area contributed by atoms with E-state index in [0.29, 0.717) is 36.0 Å². The molecule has 118 valence electrons. The van der Waals surface area contributed by atoms with Crippen molar-refractivity contribution in [3.05, 3.63) is 48.0 Å². The predicted octanol–water partition coefficient (Wildman–Crippen LogP) is 2.52. The molecule has 0 amide bonds. The maximum absolute atomic E-state index is 12.4. The molecular weight excluding hydrogens is 316 g/mol. The lowest BCUT2D eigenvalue weighted by Gasteiger charge is -2.11. The summed E-state index contributed by atoms with van der Waals surface area (Å²) in [6, 6.07) is 12.6. The number of hydrogen-bond acceptors (Lipinski definition) is 5. The molecule has 0 radical (unpaired) electrons. The molecular formula is C16H14N2O4S. The summed E-state index contributed by atoms with van der Waals surface area (Å²) in [5.41, 5.74) is 0.790. The second kappa shape index (κ2) is 6.18. The molecule has 1 N–H and O–H groups in total. The van der Waals surface area contributed by atoms with E-state index in [-0.39, 0.29) is 4.90 Å². The van der Waals surface area contributed by atoms with Crippen LogP contribution < -0.4 is 14.2 Å². The van der Waals surface area contributed by atoms with E-state index in [1.807, 2.05) is 6.07 Å². The van der Waals surface area contributed by atoms with Crippen LogP contribution in [0.2, 0.25) is 0 Å². The molecule has 0 bridgehead atoms. The summed E-state index contributed by atoms with van der Waals surface area (Å²) in [7, 11) is -3.73. The fourth-order valence-electron chi connectivity index (χ4n) is 2.15. The van der Waals surface area contributed by atoms with Gasteiger partial charge in [-0.25, -0.2) is 8.42 Å². The second-order valence-corrected chi connectivity index (χ2v) is 6.64. The zero-order chi connectivity index (χ0) is 16.3. The molecule has 0 fully saturated rings. The number of ether oxygens (including phenoxy) is 2. The van der Waals surface area contributed by atoms with Crippen molar-refractivity contribution in [1.29, 1.82) is 5.26 Å². The van der Waals surface area contributed by atoms with Gasteiger partial charge in [0.25, 0.3) is 10.0 Å². The van der Waals surface area contributed by atoms with Crippen molar-refractivity contribution >= 4 is 15.7 Å². The van der Waals surface area contributed by atoms with Crippen LogP contribution in [0.15, 0.2) is 47.4 Å². The van der Waals surface area contributed by atoms with E-state index in [2.05, 4.69) is 4.72 Å². The Morgan fingerprint density at radius 3 is 2.39 bits per heavy atom. The van der Waals surface area contributed by atoms with Crippen molar-refractivity contribution in [3.8, 4) is 17.6 Å². The van der Waals surface area contributed by atoms with Gasteiger partial charge < -0.3 is 9.47 Å². The van der Waals surface area contributed by atoms with Crippen LogP contribution in [0, 0.1) is 11.3 Å². The minimum atomic E-state index is -3.73. The molecule has 7 heteroatoms. The van der Waals surface area contributed by atoms with Crippen LogP contribution >= 0.6 is 0 Å². The SMILES string of the molecule is N#Cc1ccc(S(=O)(=O)Nc2ccc3c(c2)OCCCO3)cc1. The summed E-state index contributed by atoms with van der Waals surface area (Å²) < 4.78 is 38.3. The van der Waals surface area contributed by atoms with Crippen LogP contribution in [0.25, 0.3) is 0 Å². The highest BCUT2D eigenvalue weighted by Crippen LogP contribution is 2.33. The van der Waals surface area contributed by atoms with Gasteiger partial charge in [0, 0.05) is 12.5 Å². The van der Waals surface area contributed by atoms with E-state index in [4.69, 9.17) is 14.7 Å². The zero-order valence-corrected chi connectivity index (χ0v) is 13.0. The van der Waals surface area contributed by atoms with Crippen molar-refractivity contribution in [1.82, 2.24) is 0 Å². The molecule has 0 aliphatic carbocycles. The van der Waals surface area contributed by atoms with Crippen molar-refractivity contribution < 1.29 is 17.9 Å². The fourth-order valence-corrected chi connectivity index (χ4v) is 3.20. The number of nitriles is 1. The second-order valence-electron chi connectivity index (χ2n) is 4.95. The largest absolute Gasteiger partial charge is 0.490 e. The molecule has 6 nitrogen and oxygen atoms in total. The molecule has 3 rings (SSSR count). The summed E-state index contributed by atoms with van der Waals surface area (Å²) in [6.07, 6.45) is 0.779. The smallest absolute Gasteiger partial charge is 0.261 e. The van der Waals surface area contributed by atoms with Crippen LogP contribution in [0.5, 0.6) is 11.5 Å². The number of anilines is 1. The highest BCUT2D eigenvalue weighted by molar-refractivity contribution is 7.92. The predicted molar refractivity (Wildman–Crippen MR) is 84.0 cm³/mol. The highest BCUT2D eigenvalue weighted by atomic mass is 32.2. The molecule has 0 spiro atoms. The molecule has 1 aliphatic heterocycles. The lowest BCUT2D eigenvalue weighted by Crippen LogP contribution is -2.13. The zero-order valence-electron chi connectivity index (χ0n) is 12.2. The number of benzene rings is 2. The maximum Gasteiger partial charge on any atom is 0.261 e. The summed E-state index contributed by atoms with van der Waals surface area (Å²) >= 11 is 0. The molecule has 0 atom stereocenters. The Bertz CT molecular complexity index is 855. The van der Waals surface area contributed by atoms with E-state index < -0.39 is 10.0 Å². The van der Waals surface area contributed by atoms with Crippen molar-refractivity contribution in [2.24, 2.45) is 0 Å². The first-order chi connectivity index (χ1) is 11.1. The number of sulfonamides is 1. The van der Waals surface area contributed by atoms with Gasteiger partial charge in [-0.3, -0.25) is 4.72 Å². The van der Waals surface area contributed by atoms with Gasteiger partial charge in [-0.2, -0.15) is 5.26 Å². The van der Waals surface area contributed by atoms with Crippen LogP contribution in [-0.4, -0.2) is 21.6 Å². The van der Waals surface area contributed by atoms with E-state index >= 15 is 0 Å². The number of rotatable bonds is 3. The van der Waals surface area contributed by atoms with E-state index in [0.717, 1.165) is 6.42 Å². The first-order valence-corrected chi connectivity index (χ1v) is 8.49. The monoisotopic (exact) mass is 330 g/mol. The number of hydrogen-bond donors (Lipinski definition) is 1. The third-order valence-electron chi connectivity index (χ3n) is 3.29. The van der Waals surface area contributed by atoms with Gasteiger partial charge in [0.1, 0.15) is 0 Å². The average Bonchev–Trinajstić information content (AvgIpc) is 2.79. The van der Waals surface area contributed by atoms with Crippen LogP contribution in [0.1, 0.15) is 12.0 Å². The van der Waals surface area contributed by atoms with Crippen molar-refractivity contribution in [2.75, 3.05) is 17.9 Å². The Hall–Kier alpha value is -2.72. The summed E-state index contributed by atoms with van der Waals surface area (Å²) in [5, 5.41) is 8.76. The normalized spacial score (nSPS) is 13.7. The van der Waals surface area contributed by atoms with Crippen molar-refractivity contribution in [3.63, 3.8) is 0 Å². The minimum Gasteiger partial charge on any atom is -0.490 e. The van der Waals surface area contributed by atoms with Gasteiger partial charge in [-0.05, 0) is 36.4 Å². The Labute approximate surface area is 134 Å². The van der Waals surface area contributed by atoms with Crippen LogP contribution in [-0.2, 0) is 10.0 Å². The molecule has 23 heavy (non-hydrogen) atoms. The molecule has 0 unspecified atom stereocenters. The fraction of sp³-hybridized carbons (Fsp3) is 0.188. The topological polar surface area (TPSA) is 88.4 Å². The molecule has 0 aromatic heterocycles. The van der Waals surface area contributed by atoms with Crippen LogP contribution in [0.3, 0.4) is 0 Å². The van der Waals surface area contributed by atoms with Gasteiger partial charge in [0.15, 0.2) is 11.5 Å². The Morgan fingerprint density at radius 1 is 1.00 bits per heavy atom. The maximum atomic E-state index is 12.4. The highest BCUT2D eigenvalue weighted by Gasteiger charge is 2.16. The first-order valence-electron chi connectivity index (χ1n) is 7.01. The number of nitrogens with zero attached hydrogens (tertiary/aromatic N) is 1. The summed E-state index contributed by atoms with van der Waals surface area (Å²) in [4.78, 5) is 0.0867. The van der Waals surface area contributed by atoms with E-state index in [1.165, 1.54) is 24.3 Å². The standard InChI is InChI=1S/C16H14N2O4S/c17-11-12-2-5-14(6-3-12)23(19,20)18-13-4-7-15-16(10-13)22-9-1-8-21-15/h2-7,10,18H,1,8-9H2. The van der Waals surface area contributed by atoms with Crippen LogP contribution in [0.4, 0.5) is 5.69 Å². The average molecular weight is 330 g/mol. The third-order valence-corrected chi connectivity index (χ3v) is 4.69. The molecule has 0 saturated carbocycles. The quantitative estimate of drug-likeness (QED) is 0.934. The van der Waals surface area contributed by atoms with Gasteiger partial charge >= 0.3 is 0 Å². The van der Waals surface area contributed by atoms with E-state index in [9.17, 15) is 8.42 Å². The lowest BCUT2D eigenvalue weighted by atomic mass is 10.2. The van der Waals surface area contributed by atoms with Gasteiger partial charge in [0.2, 0.25) is 0 Å². The van der Waals surface area contributed by atoms with Gasteiger partial charge in [-0.15, -0.1) is 0 Å². The molecule has 2 aromatic carbocycles. The third kappa shape index (κ3) is 3.38. The minimum absolute atomic E-state index is 0.0867. The summed E-state index contributed by atoms with van der Waals surface area (Å²) in [6.45, 7) is 1.10. The lowest BCUT2D eigenvalue weighted by molar-refractivity contribution is 0.297. The first kappa shape index (κ1) is 15.2. The Balaban J connectivity index is 1.85. The molecule has 1 heterocycles. The summed E-state index contributed by atoms with van der Waals surface area (Å²) in [5.74, 6) is 1.12. The molecule has 0 saturated heterocycles. The Morgan fingerprint density at radius 2 is 1.70 bits per heavy atom. The van der Waals surface area contributed by atoms with E-state index in [1.54, 1.807) is 18.2 Å². The molecule has 2 aromatic rings.